The Bertz CT molecular complexity index is 184. The van der Waals surface area contributed by atoms with Crippen molar-refractivity contribution in [3.8, 4) is 0 Å². The third-order valence-electron chi connectivity index (χ3n) is 2.93. The van der Waals surface area contributed by atoms with Gasteiger partial charge in [0, 0.05) is 11.0 Å². The molecule has 0 saturated heterocycles. The number of halogens is 1. The third-order valence-corrected chi connectivity index (χ3v) is 3.55. The quantitative estimate of drug-likeness (QED) is 0.122. The van der Waals surface area contributed by atoms with Crippen molar-refractivity contribution in [3.63, 3.8) is 0 Å². The molecule has 0 aliphatic heterocycles. The summed E-state index contributed by atoms with van der Waals surface area (Å²) in [5.74, 6) is 0. The third kappa shape index (κ3) is 18.4. The van der Waals surface area contributed by atoms with E-state index in [1.165, 1.54) is 49.4 Å². The van der Waals surface area contributed by atoms with Gasteiger partial charge in [0.05, 0.1) is 6.61 Å². The summed E-state index contributed by atoms with van der Waals surface area (Å²) >= 11 is 2.38. The molecule has 0 aromatic heterocycles. The van der Waals surface area contributed by atoms with E-state index >= 15 is 0 Å². The van der Waals surface area contributed by atoms with Gasteiger partial charge in [-0.2, -0.15) is 0 Å². The normalized spacial score (nSPS) is 11.5. The molecule has 3 heteroatoms. The van der Waals surface area contributed by atoms with E-state index in [0.29, 0.717) is 6.79 Å². The number of hydrogen-bond acceptors (Lipinski definition) is 2. The average Bonchev–Trinajstić information content (AvgIpc) is 2.43. The van der Waals surface area contributed by atoms with Gasteiger partial charge < -0.3 is 9.47 Å². The van der Waals surface area contributed by atoms with Gasteiger partial charge >= 0.3 is 0 Å². The van der Waals surface area contributed by atoms with Crippen molar-refractivity contribution in [1.29, 1.82) is 0 Å². The van der Waals surface area contributed by atoms with Crippen LogP contribution in [0.4, 0.5) is 0 Å². The van der Waals surface area contributed by atoms with Gasteiger partial charge in [-0.15, -0.1) is 0 Å². The van der Waals surface area contributed by atoms with Crippen molar-refractivity contribution in [3.05, 3.63) is 12.2 Å². The summed E-state index contributed by atoms with van der Waals surface area (Å²) in [4.78, 5) is 0. The van der Waals surface area contributed by atoms with Gasteiger partial charge in [0.15, 0.2) is 0 Å². The van der Waals surface area contributed by atoms with Gasteiger partial charge in [-0.3, -0.25) is 0 Å². The second kappa shape index (κ2) is 18.4. The molecule has 0 unspecified atom stereocenters. The fourth-order valence-corrected chi connectivity index (χ4v) is 2.15. The summed E-state index contributed by atoms with van der Waals surface area (Å²) in [6, 6.07) is 0. The van der Waals surface area contributed by atoms with E-state index in [1.807, 2.05) is 0 Å². The van der Waals surface area contributed by atoms with Crippen LogP contribution in [0.25, 0.3) is 0 Å². The molecular weight excluding hydrogens is 351 g/mol. The van der Waals surface area contributed by atoms with E-state index in [4.69, 9.17) is 9.47 Å². The summed E-state index contributed by atoms with van der Waals surface area (Å²) in [5, 5.41) is 0. The van der Waals surface area contributed by atoms with Crippen molar-refractivity contribution in [2.24, 2.45) is 0 Å². The number of alkyl halides is 1. The van der Waals surface area contributed by atoms with Crippen LogP contribution in [-0.2, 0) is 9.47 Å². The minimum atomic E-state index is 0.454. The second-order valence-electron chi connectivity index (χ2n) is 4.79. The lowest BCUT2D eigenvalue weighted by Gasteiger charge is -2.05. The van der Waals surface area contributed by atoms with Crippen LogP contribution in [0.5, 0.6) is 0 Å². The zero-order valence-electron chi connectivity index (χ0n) is 12.5. The minimum Gasteiger partial charge on any atom is -0.355 e. The smallest absolute Gasteiger partial charge is 0.146 e. The van der Waals surface area contributed by atoms with Crippen molar-refractivity contribution in [1.82, 2.24) is 0 Å². The van der Waals surface area contributed by atoms with Gasteiger partial charge in [-0.25, -0.2) is 0 Å². The van der Waals surface area contributed by atoms with Crippen LogP contribution in [-0.4, -0.2) is 24.4 Å². The number of allylic oxidation sites excluding steroid dienone is 1. The van der Waals surface area contributed by atoms with E-state index in [0.717, 1.165) is 26.1 Å². The Balaban J connectivity index is 2.95. The number of unbranched alkanes of at least 4 members (excludes halogenated alkanes) is 6. The fraction of sp³-hybridized carbons (Fsp3) is 0.875. The fourth-order valence-electron chi connectivity index (χ4n) is 1.79. The van der Waals surface area contributed by atoms with Crippen LogP contribution >= 0.6 is 22.6 Å². The zero-order chi connectivity index (χ0) is 14.0. The molecule has 0 rings (SSSR count). The Morgan fingerprint density at radius 2 is 1.42 bits per heavy atom. The van der Waals surface area contributed by atoms with Crippen LogP contribution < -0.4 is 0 Å². The molecule has 19 heavy (non-hydrogen) atoms. The first-order valence-corrected chi connectivity index (χ1v) is 9.30. The van der Waals surface area contributed by atoms with Crippen molar-refractivity contribution < 1.29 is 9.47 Å². The molecule has 0 saturated carbocycles. The van der Waals surface area contributed by atoms with Gasteiger partial charge in [-0.05, 0) is 19.3 Å². The van der Waals surface area contributed by atoms with E-state index in [9.17, 15) is 0 Å². The molecule has 0 aromatic carbocycles. The molecule has 0 amide bonds. The molecule has 2 nitrogen and oxygen atoms in total. The molecule has 0 fully saturated rings. The first-order chi connectivity index (χ1) is 9.41. The van der Waals surface area contributed by atoms with Crippen LogP contribution in [0.3, 0.4) is 0 Å². The summed E-state index contributed by atoms with van der Waals surface area (Å²) in [7, 11) is 0. The Kier molecular flexibility index (Phi) is 18.8. The molecular formula is C16H31IO2. The SMILES string of the molecule is CCCCCCCCCOCOCC/C=C/CCI. The summed E-state index contributed by atoms with van der Waals surface area (Å²) in [6.07, 6.45) is 15.9. The Morgan fingerprint density at radius 1 is 0.789 bits per heavy atom. The highest BCUT2D eigenvalue weighted by Gasteiger charge is 1.92. The average molecular weight is 382 g/mol. The van der Waals surface area contributed by atoms with Crippen molar-refractivity contribution in [2.45, 2.75) is 64.7 Å². The van der Waals surface area contributed by atoms with Crippen LogP contribution in [0.1, 0.15) is 64.7 Å². The van der Waals surface area contributed by atoms with Crippen LogP contribution in [0.2, 0.25) is 0 Å². The van der Waals surface area contributed by atoms with E-state index in [-0.39, 0.29) is 0 Å². The highest BCUT2D eigenvalue weighted by atomic mass is 127. The Morgan fingerprint density at radius 3 is 2.16 bits per heavy atom. The van der Waals surface area contributed by atoms with Gasteiger partial charge in [0.2, 0.25) is 0 Å². The molecule has 0 N–H and O–H groups in total. The highest BCUT2D eigenvalue weighted by Crippen LogP contribution is 2.06. The predicted molar refractivity (Wildman–Crippen MR) is 92.0 cm³/mol. The molecule has 0 radical (unpaired) electrons. The molecule has 0 spiro atoms. The van der Waals surface area contributed by atoms with Crippen molar-refractivity contribution >= 4 is 22.6 Å². The number of rotatable bonds is 15. The lowest BCUT2D eigenvalue weighted by molar-refractivity contribution is -0.0531. The standard InChI is InChI=1S/C16H31IO2/c1-2-3-4-5-6-8-11-14-18-16-19-15-12-9-7-10-13-17/h7,9H,2-6,8,10-16H2,1H3/b9-7+. The lowest BCUT2D eigenvalue weighted by Crippen LogP contribution is -2.02. The van der Waals surface area contributed by atoms with Gasteiger partial charge in [0.25, 0.3) is 0 Å². The van der Waals surface area contributed by atoms with Gasteiger partial charge in [-0.1, -0.05) is 80.2 Å². The molecule has 0 bridgehead atoms. The van der Waals surface area contributed by atoms with Crippen LogP contribution in [0.15, 0.2) is 12.2 Å². The van der Waals surface area contributed by atoms with E-state index < -0.39 is 0 Å². The summed E-state index contributed by atoms with van der Waals surface area (Å²) in [5.41, 5.74) is 0. The minimum absolute atomic E-state index is 0.454. The predicted octanol–water partition coefficient (Wildman–Crippen LogP) is 5.50. The van der Waals surface area contributed by atoms with E-state index in [2.05, 4.69) is 41.7 Å². The van der Waals surface area contributed by atoms with E-state index in [1.54, 1.807) is 0 Å². The number of hydrogen-bond donors (Lipinski definition) is 0. The Labute approximate surface area is 133 Å². The number of ether oxygens (including phenoxy) is 2. The Hall–Kier alpha value is 0.390. The maximum atomic E-state index is 5.44. The first kappa shape index (κ1) is 19.4. The molecule has 114 valence electrons. The van der Waals surface area contributed by atoms with Crippen LogP contribution in [0, 0.1) is 0 Å². The largest absolute Gasteiger partial charge is 0.355 e. The molecule has 0 aliphatic rings. The molecule has 0 aliphatic carbocycles. The highest BCUT2D eigenvalue weighted by molar-refractivity contribution is 14.1. The first-order valence-electron chi connectivity index (χ1n) is 7.78. The topological polar surface area (TPSA) is 18.5 Å². The lowest BCUT2D eigenvalue weighted by atomic mass is 10.1. The molecule has 0 heterocycles. The van der Waals surface area contributed by atoms with Gasteiger partial charge in [0.1, 0.15) is 6.79 Å². The summed E-state index contributed by atoms with van der Waals surface area (Å²) < 4.78 is 12.0. The maximum Gasteiger partial charge on any atom is 0.146 e. The van der Waals surface area contributed by atoms with Crippen molar-refractivity contribution in [2.75, 3.05) is 24.4 Å². The maximum absolute atomic E-state index is 5.44. The molecule has 0 atom stereocenters. The molecule has 0 aromatic rings. The second-order valence-corrected chi connectivity index (χ2v) is 5.87. The zero-order valence-corrected chi connectivity index (χ0v) is 14.7. The monoisotopic (exact) mass is 382 g/mol. The summed E-state index contributed by atoms with van der Waals surface area (Å²) in [6.45, 7) is 4.33.